The first kappa shape index (κ1) is 16.9. The van der Waals surface area contributed by atoms with E-state index in [-0.39, 0.29) is 11.8 Å². The lowest BCUT2D eigenvalue weighted by molar-refractivity contribution is -0.120. The summed E-state index contributed by atoms with van der Waals surface area (Å²) >= 11 is 0. The summed E-state index contributed by atoms with van der Waals surface area (Å²) in [6, 6.07) is 0. The summed E-state index contributed by atoms with van der Waals surface area (Å²) in [6.07, 6.45) is 1.81. The largest absolute Gasteiger partial charge is 0.385 e. The zero-order chi connectivity index (χ0) is 13.8. The molecule has 106 valence electrons. The summed E-state index contributed by atoms with van der Waals surface area (Å²) < 4.78 is 5.00. The van der Waals surface area contributed by atoms with Crippen LogP contribution in [0.4, 0.5) is 0 Å². The first-order valence-electron chi connectivity index (χ1n) is 6.26. The lowest BCUT2D eigenvalue weighted by Crippen LogP contribution is -2.33. The van der Waals surface area contributed by atoms with E-state index in [1.807, 2.05) is 0 Å². The van der Waals surface area contributed by atoms with Gasteiger partial charge < -0.3 is 20.3 Å². The van der Waals surface area contributed by atoms with E-state index in [2.05, 4.69) is 15.5 Å². The number of ether oxygens (including phenoxy) is 1. The van der Waals surface area contributed by atoms with Gasteiger partial charge in [0, 0.05) is 60.3 Å². The van der Waals surface area contributed by atoms with Crippen LogP contribution in [0.1, 0.15) is 19.3 Å². The fourth-order valence-corrected chi connectivity index (χ4v) is 1.54. The average molecular weight is 259 g/mol. The Bertz CT molecular complexity index is 227. The van der Waals surface area contributed by atoms with E-state index in [4.69, 9.17) is 4.74 Å². The predicted molar refractivity (Wildman–Crippen MR) is 70.3 cm³/mol. The quantitative estimate of drug-likeness (QED) is 0.524. The average Bonchev–Trinajstić information content (AvgIpc) is 2.40. The van der Waals surface area contributed by atoms with Crippen molar-refractivity contribution in [3.8, 4) is 0 Å². The van der Waals surface area contributed by atoms with Gasteiger partial charge in [-0.25, -0.2) is 0 Å². The van der Waals surface area contributed by atoms with Crippen molar-refractivity contribution < 1.29 is 14.3 Å². The first-order valence-corrected chi connectivity index (χ1v) is 6.26. The van der Waals surface area contributed by atoms with Crippen LogP contribution in [0.2, 0.25) is 0 Å². The van der Waals surface area contributed by atoms with Crippen LogP contribution in [-0.4, -0.2) is 64.2 Å². The van der Waals surface area contributed by atoms with E-state index >= 15 is 0 Å². The number of carbonyl (C=O) groups excluding carboxylic acids is 2. The SMILES string of the molecule is CNC(=O)CCN(CCCOC)CCC(=O)NC. The summed E-state index contributed by atoms with van der Waals surface area (Å²) in [5.74, 6) is 0.0402. The molecule has 0 aromatic heterocycles. The van der Waals surface area contributed by atoms with Crippen LogP contribution in [0.15, 0.2) is 0 Å². The molecule has 0 rings (SSSR count). The van der Waals surface area contributed by atoms with Gasteiger partial charge in [0.2, 0.25) is 11.8 Å². The Balaban J connectivity index is 3.98. The normalized spacial score (nSPS) is 10.4. The molecule has 0 saturated heterocycles. The highest BCUT2D eigenvalue weighted by molar-refractivity contribution is 5.76. The van der Waals surface area contributed by atoms with Crippen molar-refractivity contribution >= 4 is 11.8 Å². The van der Waals surface area contributed by atoms with Crippen molar-refractivity contribution in [1.82, 2.24) is 15.5 Å². The van der Waals surface area contributed by atoms with Gasteiger partial charge in [-0.2, -0.15) is 0 Å². The molecule has 0 aliphatic rings. The van der Waals surface area contributed by atoms with Gasteiger partial charge in [0.05, 0.1) is 0 Å². The summed E-state index contributed by atoms with van der Waals surface area (Å²) in [5, 5.41) is 5.19. The summed E-state index contributed by atoms with van der Waals surface area (Å²) in [5.41, 5.74) is 0. The molecule has 6 nitrogen and oxygen atoms in total. The molecule has 2 N–H and O–H groups in total. The van der Waals surface area contributed by atoms with Crippen molar-refractivity contribution in [3.63, 3.8) is 0 Å². The summed E-state index contributed by atoms with van der Waals surface area (Å²) in [4.78, 5) is 24.5. The van der Waals surface area contributed by atoms with Crippen molar-refractivity contribution in [2.75, 3.05) is 47.4 Å². The molecular formula is C12H25N3O3. The van der Waals surface area contributed by atoms with Gasteiger partial charge in [-0.05, 0) is 6.42 Å². The maximum atomic E-state index is 11.2. The topological polar surface area (TPSA) is 70.7 Å². The maximum Gasteiger partial charge on any atom is 0.221 e. The zero-order valence-corrected chi connectivity index (χ0v) is 11.6. The highest BCUT2D eigenvalue weighted by Crippen LogP contribution is 1.97. The van der Waals surface area contributed by atoms with Gasteiger partial charge in [-0.3, -0.25) is 9.59 Å². The molecule has 0 aliphatic heterocycles. The third-order valence-corrected chi connectivity index (χ3v) is 2.69. The molecule has 6 heteroatoms. The van der Waals surface area contributed by atoms with Crippen molar-refractivity contribution in [1.29, 1.82) is 0 Å². The minimum Gasteiger partial charge on any atom is -0.385 e. The molecular weight excluding hydrogens is 234 g/mol. The van der Waals surface area contributed by atoms with Crippen molar-refractivity contribution in [2.45, 2.75) is 19.3 Å². The second-order valence-electron chi connectivity index (χ2n) is 4.03. The van der Waals surface area contributed by atoms with Crippen LogP contribution in [0.3, 0.4) is 0 Å². The molecule has 0 spiro atoms. The van der Waals surface area contributed by atoms with Crippen LogP contribution < -0.4 is 10.6 Å². The lowest BCUT2D eigenvalue weighted by Gasteiger charge is -2.21. The Morgan fingerprint density at radius 3 is 1.89 bits per heavy atom. The maximum absolute atomic E-state index is 11.2. The highest BCUT2D eigenvalue weighted by Gasteiger charge is 2.09. The minimum atomic E-state index is 0.0201. The van der Waals surface area contributed by atoms with Gasteiger partial charge in [0.1, 0.15) is 0 Å². The van der Waals surface area contributed by atoms with E-state index in [0.29, 0.717) is 32.5 Å². The molecule has 0 heterocycles. The molecule has 0 saturated carbocycles. The van der Waals surface area contributed by atoms with E-state index < -0.39 is 0 Å². The van der Waals surface area contributed by atoms with E-state index in [9.17, 15) is 9.59 Å². The van der Waals surface area contributed by atoms with Crippen LogP contribution in [0.5, 0.6) is 0 Å². The van der Waals surface area contributed by atoms with Crippen LogP contribution >= 0.6 is 0 Å². The molecule has 0 aromatic rings. The molecule has 0 fully saturated rings. The van der Waals surface area contributed by atoms with Crippen LogP contribution in [-0.2, 0) is 14.3 Å². The second kappa shape index (κ2) is 11.0. The standard InChI is InChI=1S/C12H25N3O3/c1-13-11(16)5-8-15(7-4-10-18-3)9-6-12(17)14-2/h4-10H2,1-3H3,(H,13,16)(H,14,17). The third-order valence-electron chi connectivity index (χ3n) is 2.69. The summed E-state index contributed by atoms with van der Waals surface area (Å²) in [7, 11) is 4.92. The van der Waals surface area contributed by atoms with Crippen LogP contribution in [0.25, 0.3) is 0 Å². The number of carbonyl (C=O) groups is 2. The Morgan fingerprint density at radius 1 is 1.00 bits per heavy atom. The Morgan fingerprint density at radius 2 is 1.50 bits per heavy atom. The fourth-order valence-electron chi connectivity index (χ4n) is 1.54. The Kier molecular flexibility index (Phi) is 10.3. The minimum absolute atomic E-state index is 0.0201. The van der Waals surface area contributed by atoms with Gasteiger partial charge in [-0.1, -0.05) is 0 Å². The third kappa shape index (κ3) is 8.95. The smallest absolute Gasteiger partial charge is 0.221 e. The van der Waals surface area contributed by atoms with Gasteiger partial charge in [-0.15, -0.1) is 0 Å². The van der Waals surface area contributed by atoms with Crippen molar-refractivity contribution in [2.24, 2.45) is 0 Å². The molecule has 0 atom stereocenters. The molecule has 0 unspecified atom stereocenters. The number of nitrogens with one attached hydrogen (secondary N) is 2. The number of hydrogen-bond acceptors (Lipinski definition) is 4. The van der Waals surface area contributed by atoms with E-state index in [1.165, 1.54) is 0 Å². The highest BCUT2D eigenvalue weighted by atomic mass is 16.5. The molecule has 18 heavy (non-hydrogen) atoms. The number of amides is 2. The van der Waals surface area contributed by atoms with E-state index in [0.717, 1.165) is 13.0 Å². The second-order valence-corrected chi connectivity index (χ2v) is 4.03. The van der Waals surface area contributed by atoms with Crippen LogP contribution in [0, 0.1) is 0 Å². The predicted octanol–water partition coefficient (Wildman–Crippen LogP) is -0.403. The number of nitrogens with zero attached hydrogens (tertiary/aromatic N) is 1. The number of hydrogen-bond donors (Lipinski definition) is 2. The number of methoxy groups -OCH3 is 1. The van der Waals surface area contributed by atoms with Gasteiger partial charge >= 0.3 is 0 Å². The van der Waals surface area contributed by atoms with Crippen molar-refractivity contribution in [3.05, 3.63) is 0 Å². The fraction of sp³-hybridized carbons (Fsp3) is 0.833. The van der Waals surface area contributed by atoms with Gasteiger partial charge in [0.25, 0.3) is 0 Å². The molecule has 0 aliphatic carbocycles. The molecule has 0 aromatic carbocycles. The zero-order valence-electron chi connectivity index (χ0n) is 11.6. The lowest BCUT2D eigenvalue weighted by atomic mass is 10.3. The monoisotopic (exact) mass is 259 g/mol. The number of rotatable bonds is 10. The molecule has 0 bridgehead atoms. The molecule has 0 radical (unpaired) electrons. The Labute approximate surface area is 109 Å². The first-order chi connectivity index (χ1) is 8.63. The summed E-state index contributed by atoms with van der Waals surface area (Å²) in [6.45, 7) is 2.86. The van der Waals surface area contributed by atoms with E-state index in [1.54, 1.807) is 21.2 Å². The molecule has 2 amide bonds. The Hall–Kier alpha value is -1.14. The van der Waals surface area contributed by atoms with Gasteiger partial charge in [0.15, 0.2) is 0 Å².